The molecule has 0 saturated carbocycles. The third-order valence-electron chi connectivity index (χ3n) is 3.93. The minimum Gasteiger partial charge on any atom is -0.481 e. The molecule has 2 aromatic rings. The summed E-state index contributed by atoms with van der Waals surface area (Å²) in [7, 11) is 1.55. The van der Waals surface area contributed by atoms with Gasteiger partial charge in [-0.1, -0.05) is 0 Å². The van der Waals surface area contributed by atoms with Crippen molar-refractivity contribution < 1.29 is 9.13 Å². The Hall–Kier alpha value is -2.48. The van der Waals surface area contributed by atoms with Crippen molar-refractivity contribution in [1.29, 1.82) is 0 Å². The second-order valence-corrected chi connectivity index (χ2v) is 5.37. The van der Waals surface area contributed by atoms with Gasteiger partial charge in [0.05, 0.1) is 12.7 Å². The van der Waals surface area contributed by atoms with Gasteiger partial charge >= 0.3 is 0 Å². The van der Waals surface area contributed by atoms with Crippen LogP contribution in [-0.4, -0.2) is 41.2 Å². The van der Waals surface area contributed by atoms with Crippen LogP contribution in [0.2, 0.25) is 0 Å². The van der Waals surface area contributed by atoms with Crippen molar-refractivity contribution in [3.8, 4) is 5.88 Å². The lowest BCUT2D eigenvalue weighted by Gasteiger charge is -2.18. The zero-order chi connectivity index (χ0) is 16.2. The lowest BCUT2D eigenvalue weighted by atomic mass is 10.2. The fourth-order valence-corrected chi connectivity index (χ4v) is 2.73. The van der Waals surface area contributed by atoms with Crippen LogP contribution in [0.4, 0.5) is 16.0 Å². The van der Waals surface area contributed by atoms with Crippen molar-refractivity contribution >= 4 is 11.6 Å². The number of anilines is 2. The van der Waals surface area contributed by atoms with Gasteiger partial charge in [0.25, 0.3) is 0 Å². The molecule has 1 atom stereocenters. The third kappa shape index (κ3) is 3.31. The average molecular weight is 318 g/mol. The number of ether oxygens (including phenoxy) is 1. The summed E-state index contributed by atoms with van der Waals surface area (Å²) >= 11 is 0. The van der Waals surface area contributed by atoms with Crippen LogP contribution in [0, 0.1) is 5.82 Å². The van der Waals surface area contributed by atoms with Crippen LogP contribution in [0.1, 0.15) is 12.0 Å². The second kappa shape index (κ2) is 6.74. The highest BCUT2D eigenvalue weighted by atomic mass is 19.1. The van der Waals surface area contributed by atoms with E-state index in [2.05, 4.69) is 20.3 Å². The van der Waals surface area contributed by atoms with Gasteiger partial charge in [0.15, 0.2) is 11.6 Å². The van der Waals surface area contributed by atoms with Crippen molar-refractivity contribution in [2.75, 3.05) is 30.8 Å². The van der Waals surface area contributed by atoms with Gasteiger partial charge < -0.3 is 20.7 Å². The summed E-state index contributed by atoms with van der Waals surface area (Å²) in [6.07, 6.45) is 3.87. The number of nitrogen functional groups attached to an aromatic ring is 1. The Labute approximate surface area is 133 Å². The highest BCUT2D eigenvalue weighted by molar-refractivity contribution is 5.45. The molecule has 122 valence electrons. The molecule has 8 heteroatoms. The Kier molecular flexibility index (Phi) is 4.52. The second-order valence-electron chi connectivity index (χ2n) is 5.37. The summed E-state index contributed by atoms with van der Waals surface area (Å²) in [5, 5.41) is 3.40. The van der Waals surface area contributed by atoms with Gasteiger partial charge in [-0.05, 0) is 18.6 Å². The number of pyridine rings is 1. The van der Waals surface area contributed by atoms with Gasteiger partial charge in [0.2, 0.25) is 5.88 Å². The number of methoxy groups -OCH3 is 1. The maximum Gasteiger partial charge on any atom is 0.222 e. The lowest BCUT2D eigenvalue weighted by molar-refractivity contribution is 0.388. The van der Waals surface area contributed by atoms with Crippen molar-refractivity contribution in [2.45, 2.75) is 19.0 Å². The first-order valence-electron chi connectivity index (χ1n) is 7.41. The molecule has 2 aromatic heterocycles. The highest BCUT2D eigenvalue weighted by Crippen LogP contribution is 2.22. The lowest BCUT2D eigenvalue weighted by Crippen LogP contribution is -2.33. The number of rotatable bonds is 5. The van der Waals surface area contributed by atoms with Crippen LogP contribution < -0.4 is 20.7 Å². The third-order valence-corrected chi connectivity index (χ3v) is 3.93. The van der Waals surface area contributed by atoms with E-state index in [9.17, 15) is 4.39 Å². The van der Waals surface area contributed by atoms with Crippen molar-refractivity contribution in [2.24, 2.45) is 0 Å². The summed E-state index contributed by atoms with van der Waals surface area (Å²) in [6, 6.07) is 3.23. The van der Waals surface area contributed by atoms with E-state index in [-0.39, 0.29) is 11.9 Å². The minimum absolute atomic E-state index is 0.209. The van der Waals surface area contributed by atoms with Gasteiger partial charge in [0, 0.05) is 31.9 Å². The molecule has 7 nitrogen and oxygen atoms in total. The van der Waals surface area contributed by atoms with Gasteiger partial charge in [-0.15, -0.1) is 0 Å². The molecule has 0 radical (unpaired) electrons. The smallest absolute Gasteiger partial charge is 0.222 e. The monoisotopic (exact) mass is 318 g/mol. The molecule has 1 fully saturated rings. The zero-order valence-electron chi connectivity index (χ0n) is 12.9. The van der Waals surface area contributed by atoms with Gasteiger partial charge in [0.1, 0.15) is 12.1 Å². The Bertz CT molecular complexity index is 683. The first-order valence-corrected chi connectivity index (χ1v) is 7.41. The van der Waals surface area contributed by atoms with Crippen LogP contribution in [0.25, 0.3) is 0 Å². The maximum atomic E-state index is 13.8. The molecular formula is C15H19FN6O. The quantitative estimate of drug-likeness (QED) is 0.849. The molecule has 0 spiro atoms. The summed E-state index contributed by atoms with van der Waals surface area (Å²) in [4.78, 5) is 14.1. The molecule has 3 rings (SSSR count). The fraction of sp³-hybridized carbons (Fsp3) is 0.400. The number of halogens is 1. The van der Waals surface area contributed by atoms with E-state index in [0.717, 1.165) is 18.5 Å². The van der Waals surface area contributed by atoms with Gasteiger partial charge in [-0.2, -0.15) is 0 Å². The van der Waals surface area contributed by atoms with Crippen LogP contribution in [0.3, 0.4) is 0 Å². The SMILES string of the molecule is COc1ncnc(N)c1CN[C@H]1CCN(c2ncccc2F)C1. The molecule has 23 heavy (non-hydrogen) atoms. The van der Waals surface area contributed by atoms with E-state index >= 15 is 0 Å². The first-order chi connectivity index (χ1) is 11.2. The van der Waals surface area contributed by atoms with Crippen molar-refractivity contribution in [3.05, 3.63) is 36.0 Å². The van der Waals surface area contributed by atoms with Crippen LogP contribution in [-0.2, 0) is 6.54 Å². The zero-order valence-corrected chi connectivity index (χ0v) is 12.9. The van der Waals surface area contributed by atoms with Crippen LogP contribution in [0.15, 0.2) is 24.7 Å². The average Bonchev–Trinajstić information content (AvgIpc) is 3.02. The van der Waals surface area contributed by atoms with Crippen LogP contribution in [0.5, 0.6) is 5.88 Å². The largest absolute Gasteiger partial charge is 0.481 e. The molecule has 1 saturated heterocycles. The van der Waals surface area contributed by atoms with E-state index in [1.54, 1.807) is 19.4 Å². The Morgan fingerprint density at radius 1 is 1.43 bits per heavy atom. The molecule has 3 heterocycles. The number of nitrogens with zero attached hydrogens (tertiary/aromatic N) is 4. The molecular weight excluding hydrogens is 299 g/mol. The molecule has 3 N–H and O–H groups in total. The number of nitrogens with two attached hydrogens (primary N) is 1. The number of nitrogens with one attached hydrogen (secondary N) is 1. The normalized spacial score (nSPS) is 17.5. The van der Waals surface area contributed by atoms with Crippen LogP contribution >= 0.6 is 0 Å². The molecule has 0 aliphatic carbocycles. The van der Waals surface area contributed by atoms with E-state index in [4.69, 9.17) is 10.5 Å². The highest BCUT2D eigenvalue weighted by Gasteiger charge is 2.25. The summed E-state index contributed by atoms with van der Waals surface area (Å²) in [6.45, 7) is 1.94. The number of aromatic nitrogens is 3. The molecule has 0 bridgehead atoms. The molecule has 0 unspecified atom stereocenters. The molecule has 0 amide bonds. The van der Waals surface area contributed by atoms with E-state index in [1.807, 2.05) is 4.90 Å². The topological polar surface area (TPSA) is 89.2 Å². The molecule has 1 aliphatic heterocycles. The predicted octanol–water partition coefficient (Wildman–Crippen LogP) is 0.970. The first kappa shape index (κ1) is 15.4. The summed E-state index contributed by atoms with van der Waals surface area (Å²) in [5.74, 6) is 0.970. The van der Waals surface area contributed by atoms with E-state index in [1.165, 1.54) is 12.4 Å². The van der Waals surface area contributed by atoms with E-state index in [0.29, 0.717) is 30.6 Å². The van der Waals surface area contributed by atoms with Crippen molar-refractivity contribution in [1.82, 2.24) is 20.3 Å². The molecule has 1 aliphatic rings. The minimum atomic E-state index is -0.296. The van der Waals surface area contributed by atoms with Crippen molar-refractivity contribution in [3.63, 3.8) is 0 Å². The standard InChI is InChI=1S/C15H19FN6O/c1-23-15-11(13(17)20-9-21-15)7-19-10-4-6-22(8-10)14-12(16)3-2-5-18-14/h2-3,5,9-10,19H,4,6-8H2,1H3,(H2,17,20,21)/t10-/m0/s1. The maximum absolute atomic E-state index is 13.8. The van der Waals surface area contributed by atoms with Gasteiger partial charge in [-0.3, -0.25) is 0 Å². The van der Waals surface area contributed by atoms with E-state index < -0.39 is 0 Å². The molecule has 0 aromatic carbocycles. The summed E-state index contributed by atoms with van der Waals surface area (Å²) < 4.78 is 19.0. The Morgan fingerprint density at radius 2 is 2.30 bits per heavy atom. The summed E-state index contributed by atoms with van der Waals surface area (Å²) in [5.41, 5.74) is 6.61. The Morgan fingerprint density at radius 3 is 3.09 bits per heavy atom. The number of hydrogen-bond donors (Lipinski definition) is 2. The Balaban J connectivity index is 1.62. The predicted molar refractivity (Wildman–Crippen MR) is 84.6 cm³/mol. The fourth-order valence-electron chi connectivity index (χ4n) is 2.73. The number of hydrogen-bond acceptors (Lipinski definition) is 7. The van der Waals surface area contributed by atoms with Gasteiger partial charge in [-0.25, -0.2) is 19.3 Å².